The second-order valence-corrected chi connectivity index (χ2v) is 8.15. The van der Waals surface area contributed by atoms with Crippen molar-refractivity contribution in [3.05, 3.63) is 108 Å². The van der Waals surface area contributed by atoms with E-state index in [0.717, 1.165) is 16.8 Å². The number of aromatic nitrogens is 3. The maximum absolute atomic E-state index is 13.1. The summed E-state index contributed by atoms with van der Waals surface area (Å²) < 4.78 is 1.89. The molecule has 0 spiro atoms. The SMILES string of the molecule is C[C@H](Sc1nncn1-c1ccccc1)C(=O)NC(c1ccccc1)c1ccccc1. The highest BCUT2D eigenvalue weighted by molar-refractivity contribution is 8.00. The molecule has 0 aliphatic carbocycles. The van der Waals surface area contributed by atoms with Crippen LogP contribution < -0.4 is 5.32 Å². The normalized spacial score (nSPS) is 11.9. The quantitative estimate of drug-likeness (QED) is 0.447. The summed E-state index contributed by atoms with van der Waals surface area (Å²) in [7, 11) is 0. The molecule has 6 heteroatoms. The van der Waals surface area contributed by atoms with Gasteiger partial charge in [0.25, 0.3) is 0 Å². The standard InChI is InChI=1S/C24H22N4OS/c1-18(30-24-27-25-17-28(24)21-15-9-4-10-16-21)23(29)26-22(19-11-5-2-6-12-19)20-13-7-3-8-14-20/h2-18,22H,1H3,(H,26,29)/t18-/m0/s1. The van der Waals surface area contributed by atoms with Gasteiger partial charge in [0, 0.05) is 5.69 Å². The number of para-hydroxylation sites is 1. The van der Waals surface area contributed by atoms with Crippen molar-refractivity contribution in [3.8, 4) is 5.69 Å². The first-order chi connectivity index (χ1) is 14.7. The second-order valence-electron chi connectivity index (χ2n) is 6.84. The van der Waals surface area contributed by atoms with E-state index < -0.39 is 0 Å². The van der Waals surface area contributed by atoms with Gasteiger partial charge in [-0.3, -0.25) is 9.36 Å². The third-order valence-corrected chi connectivity index (χ3v) is 5.81. The van der Waals surface area contributed by atoms with Gasteiger partial charge in [0.15, 0.2) is 5.16 Å². The smallest absolute Gasteiger partial charge is 0.234 e. The number of benzene rings is 3. The number of nitrogens with one attached hydrogen (secondary N) is 1. The van der Waals surface area contributed by atoms with Crippen molar-refractivity contribution in [2.24, 2.45) is 0 Å². The summed E-state index contributed by atoms with van der Waals surface area (Å²) in [6.45, 7) is 1.89. The van der Waals surface area contributed by atoms with E-state index in [-0.39, 0.29) is 17.2 Å². The van der Waals surface area contributed by atoms with Crippen LogP contribution in [0.4, 0.5) is 0 Å². The summed E-state index contributed by atoms with van der Waals surface area (Å²) in [5.41, 5.74) is 3.05. The highest BCUT2D eigenvalue weighted by atomic mass is 32.2. The molecule has 0 aliphatic heterocycles. The van der Waals surface area contributed by atoms with Crippen LogP contribution in [0.25, 0.3) is 5.69 Å². The van der Waals surface area contributed by atoms with E-state index in [1.165, 1.54) is 11.8 Å². The van der Waals surface area contributed by atoms with E-state index in [2.05, 4.69) is 15.5 Å². The maximum Gasteiger partial charge on any atom is 0.234 e. The van der Waals surface area contributed by atoms with Crippen molar-refractivity contribution in [1.29, 1.82) is 0 Å². The Bertz CT molecular complexity index is 1040. The van der Waals surface area contributed by atoms with Gasteiger partial charge >= 0.3 is 0 Å². The molecular weight excluding hydrogens is 392 g/mol. The van der Waals surface area contributed by atoms with Crippen LogP contribution in [-0.4, -0.2) is 25.9 Å². The van der Waals surface area contributed by atoms with Crippen LogP contribution in [0, 0.1) is 0 Å². The van der Waals surface area contributed by atoms with E-state index in [1.54, 1.807) is 6.33 Å². The molecule has 0 fully saturated rings. The fourth-order valence-corrected chi connectivity index (χ4v) is 4.04. The Labute approximate surface area is 180 Å². The van der Waals surface area contributed by atoms with Crippen molar-refractivity contribution < 1.29 is 4.79 Å². The van der Waals surface area contributed by atoms with Crippen LogP contribution >= 0.6 is 11.8 Å². The van der Waals surface area contributed by atoms with Gasteiger partial charge in [-0.25, -0.2) is 0 Å². The van der Waals surface area contributed by atoms with Gasteiger partial charge in [0.2, 0.25) is 5.91 Å². The summed E-state index contributed by atoms with van der Waals surface area (Å²) in [5, 5.41) is 11.8. The molecule has 4 rings (SSSR count). The first-order valence-electron chi connectivity index (χ1n) is 9.75. The molecule has 0 aliphatic rings. The molecule has 30 heavy (non-hydrogen) atoms. The number of thioether (sulfide) groups is 1. The van der Waals surface area contributed by atoms with E-state index in [1.807, 2.05) is 102 Å². The summed E-state index contributed by atoms with van der Waals surface area (Å²) in [6, 6.07) is 29.6. The van der Waals surface area contributed by atoms with E-state index in [0.29, 0.717) is 5.16 Å². The number of hydrogen-bond acceptors (Lipinski definition) is 4. The highest BCUT2D eigenvalue weighted by Crippen LogP contribution is 2.26. The zero-order valence-electron chi connectivity index (χ0n) is 16.6. The van der Waals surface area contributed by atoms with Gasteiger partial charge in [0.05, 0.1) is 11.3 Å². The van der Waals surface area contributed by atoms with Crippen molar-refractivity contribution in [2.45, 2.75) is 23.4 Å². The Morgan fingerprint density at radius 3 is 1.97 bits per heavy atom. The Morgan fingerprint density at radius 2 is 1.40 bits per heavy atom. The van der Waals surface area contributed by atoms with Gasteiger partial charge in [-0.2, -0.15) is 0 Å². The van der Waals surface area contributed by atoms with Crippen LogP contribution in [0.15, 0.2) is 102 Å². The number of amides is 1. The Balaban J connectivity index is 1.52. The number of carbonyl (C=O) groups is 1. The maximum atomic E-state index is 13.1. The lowest BCUT2D eigenvalue weighted by Crippen LogP contribution is -2.35. The predicted octanol–water partition coefficient (Wildman–Crippen LogP) is 4.65. The predicted molar refractivity (Wildman–Crippen MR) is 120 cm³/mol. The van der Waals surface area contributed by atoms with Crippen LogP contribution in [0.2, 0.25) is 0 Å². The summed E-state index contributed by atoms with van der Waals surface area (Å²) in [5.74, 6) is -0.0553. The first-order valence-corrected chi connectivity index (χ1v) is 10.6. The molecule has 0 unspecified atom stereocenters. The zero-order chi connectivity index (χ0) is 20.8. The minimum absolute atomic E-state index is 0.0553. The average Bonchev–Trinajstić information content (AvgIpc) is 3.27. The van der Waals surface area contributed by atoms with Crippen molar-refractivity contribution >= 4 is 17.7 Å². The fraction of sp³-hybridized carbons (Fsp3) is 0.125. The van der Waals surface area contributed by atoms with Crippen molar-refractivity contribution in [2.75, 3.05) is 0 Å². The molecule has 0 saturated heterocycles. The zero-order valence-corrected chi connectivity index (χ0v) is 17.4. The number of carbonyl (C=O) groups excluding carboxylic acids is 1. The molecule has 1 heterocycles. The number of hydrogen-bond donors (Lipinski definition) is 1. The number of rotatable bonds is 7. The molecule has 1 amide bonds. The van der Waals surface area contributed by atoms with E-state index in [9.17, 15) is 4.79 Å². The van der Waals surface area contributed by atoms with Crippen LogP contribution in [-0.2, 0) is 4.79 Å². The molecular formula is C24H22N4OS. The largest absolute Gasteiger partial charge is 0.344 e. The molecule has 0 bridgehead atoms. The molecule has 0 radical (unpaired) electrons. The molecule has 0 saturated carbocycles. The highest BCUT2D eigenvalue weighted by Gasteiger charge is 2.23. The molecule has 3 aromatic carbocycles. The van der Waals surface area contributed by atoms with Crippen molar-refractivity contribution in [3.63, 3.8) is 0 Å². The van der Waals surface area contributed by atoms with Gasteiger partial charge in [-0.15, -0.1) is 10.2 Å². The lowest BCUT2D eigenvalue weighted by Gasteiger charge is -2.22. The second kappa shape index (κ2) is 9.41. The minimum atomic E-state index is -0.341. The molecule has 5 nitrogen and oxygen atoms in total. The summed E-state index contributed by atoms with van der Waals surface area (Å²) in [6.07, 6.45) is 1.67. The first kappa shape index (κ1) is 19.9. The number of nitrogens with zero attached hydrogens (tertiary/aromatic N) is 3. The third kappa shape index (κ3) is 4.60. The van der Waals surface area contributed by atoms with Gasteiger partial charge in [0.1, 0.15) is 6.33 Å². The topological polar surface area (TPSA) is 59.8 Å². The summed E-state index contributed by atoms with van der Waals surface area (Å²) in [4.78, 5) is 13.1. The van der Waals surface area contributed by atoms with Crippen molar-refractivity contribution in [1.82, 2.24) is 20.1 Å². The third-order valence-electron chi connectivity index (χ3n) is 4.75. The average molecular weight is 415 g/mol. The van der Waals surface area contributed by atoms with Crippen LogP contribution in [0.1, 0.15) is 24.1 Å². The van der Waals surface area contributed by atoms with E-state index >= 15 is 0 Å². The Morgan fingerprint density at radius 1 is 0.867 bits per heavy atom. The lowest BCUT2D eigenvalue weighted by atomic mass is 9.98. The van der Waals surface area contributed by atoms with E-state index in [4.69, 9.17) is 0 Å². The molecule has 1 aromatic heterocycles. The Kier molecular flexibility index (Phi) is 6.25. The molecule has 150 valence electrons. The molecule has 1 N–H and O–H groups in total. The summed E-state index contributed by atoms with van der Waals surface area (Å²) >= 11 is 1.39. The van der Waals surface area contributed by atoms with Gasteiger partial charge in [-0.1, -0.05) is 90.6 Å². The van der Waals surface area contributed by atoms with Crippen LogP contribution in [0.5, 0.6) is 0 Å². The monoisotopic (exact) mass is 414 g/mol. The van der Waals surface area contributed by atoms with Gasteiger partial charge < -0.3 is 5.32 Å². The van der Waals surface area contributed by atoms with Crippen LogP contribution in [0.3, 0.4) is 0 Å². The lowest BCUT2D eigenvalue weighted by molar-refractivity contribution is -0.120. The molecule has 4 aromatic rings. The fourth-order valence-electron chi connectivity index (χ4n) is 3.19. The Hall–Kier alpha value is -3.38. The molecule has 1 atom stereocenters. The minimum Gasteiger partial charge on any atom is -0.344 e. The van der Waals surface area contributed by atoms with Gasteiger partial charge in [-0.05, 0) is 30.2 Å².